The first kappa shape index (κ1) is 20.6. The normalized spacial score (nSPS) is 13.5. The van der Waals surface area contributed by atoms with E-state index in [0.717, 1.165) is 16.6 Å². The van der Waals surface area contributed by atoms with Crippen LogP contribution < -0.4 is 11.2 Å². The number of carbonyl (C=O) groups is 3. The fourth-order valence-corrected chi connectivity index (χ4v) is 3.36. The van der Waals surface area contributed by atoms with E-state index in [4.69, 9.17) is 10.9 Å². The number of aromatic nitrogens is 1. The molecule has 2 rings (SSSR count). The van der Waals surface area contributed by atoms with Crippen LogP contribution in [-0.4, -0.2) is 27.8 Å². The summed E-state index contributed by atoms with van der Waals surface area (Å²) in [5.74, 6) is -2.35. The number of primary amides is 1. The molecule has 0 spiro atoms. The smallest absolute Gasteiger partial charge is 0.244 e. The quantitative estimate of drug-likeness (QED) is 0.377. The Hall–Kier alpha value is -2.67. The molecule has 2 amide bonds. The van der Waals surface area contributed by atoms with E-state index >= 15 is 0 Å². The number of nitrogens with one attached hydrogen (secondary N) is 2. The average molecular weight is 373 g/mol. The number of Topliss-reactive ketones (excluding diaryl/α,β-unsaturated/α-hetero) is 1. The second kappa shape index (κ2) is 9.32. The topological polar surface area (TPSA) is 125 Å². The van der Waals surface area contributed by atoms with E-state index in [9.17, 15) is 14.4 Å². The first-order valence-corrected chi connectivity index (χ1v) is 9.11. The fraction of sp³-hybridized carbons (Fsp3) is 0.450. The number of amides is 2. The third kappa shape index (κ3) is 5.92. The standard InChI is InChI=1S/C20H27N3O4/c1-12(2)7-14(11-19(25)23-27)18(24)10-15(20(21)26)9-16-8-13-5-3-4-6-17(13)22-16/h3-6,8,12,14-15,22,27H,7,9-11H2,1-2H3,(H2,21,26)(H,23,25)/t14-,15-/m1/s1. The zero-order valence-electron chi connectivity index (χ0n) is 15.7. The Morgan fingerprint density at radius 1 is 1.15 bits per heavy atom. The lowest BCUT2D eigenvalue weighted by molar-refractivity contribution is -0.135. The van der Waals surface area contributed by atoms with Crippen molar-refractivity contribution in [1.82, 2.24) is 10.5 Å². The molecule has 0 aliphatic rings. The Kier molecular flexibility index (Phi) is 7.12. The molecule has 5 N–H and O–H groups in total. The van der Waals surface area contributed by atoms with Gasteiger partial charge in [-0.1, -0.05) is 32.0 Å². The zero-order chi connectivity index (χ0) is 20.0. The number of hydrogen-bond acceptors (Lipinski definition) is 4. The van der Waals surface area contributed by atoms with Gasteiger partial charge in [-0.15, -0.1) is 0 Å². The van der Waals surface area contributed by atoms with Crippen LogP contribution in [-0.2, 0) is 20.8 Å². The van der Waals surface area contributed by atoms with Crippen molar-refractivity contribution in [2.75, 3.05) is 0 Å². The largest absolute Gasteiger partial charge is 0.369 e. The van der Waals surface area contributed by atoms with Gasteiger partial charge < -0.3 is 10.7 Å². The SMILES string of the molecule is CC(C)C[C@H](CC(=O)NO)C(=O)C[C@@H](Cc1cc2ccccc2[nH]1)C(N)=O. The first-order chi connectivity index (χ1) is 12.8. The molecular formula is C20H27N3O4. The molecule has 0 fully saturated rings. The van der Waals surface area contributed by atoms with Crippen molar-refractivity contribution in [1.29, 1.82) is 0 Å². The molecule has 7 heteroatoms. The van der Waals surface area contributed by atoms with Gasteiger partial charge in [0, 0.05) is 30.0 Å². The predicted octanol–water partition coefficient (Wildman–Crippen LogP) is 2.33. The lowest BCUT2D eigenvalue weighted by Gasteiger charge is -2.19. The predicted molar refractivity (Wildman–Crippen MR) is 102 cm³/mol. The van der Waals surface area contributed by atoms with Crippen LogP contribution in [0.25, 0.3) is 10.9 Å². The maximum absolute atomic E-state index is 12.7. The van der Waals surface area contributed by atoms with Gasteiger partial charge in [-0.3, -0.25) is 19.6 Å². The number of ketones is 1. The molecule has 0 unspecified atom stereocenters. The number of para-hydroxylation sites is 1. The number of nitrogens with two attached hydrogens (primary N) is 1. The van der Waals surface area contributed by atoms with E-state index in [-0.39, 0.29) is 24.5 Å². The molecule has 0 radical (unpaired) electrons. The molecule has 27 heavy (non-hydrogen) atoms. The fourth-order valence-electron chi connectivity index (χ4n) is 3.36. The van der Waals surface area contributed by atoms with Crippen molar-refractivity contribution in [2.45, 2.75) is 39.5 Å². The van der Waals surface area contributed by atoms with Gasteiger partial charge in [0.25, 0.3) is 0 Å². The Bertz CT molecular complexity index is 779. The maximum atomic E-state index is 12.7. The van der Waals surface area contributed by atoms with Gasteiger partial charge in [0.15, 0.2) is 0 Å². The highest BCUT2D eigenvalue weighted by Crippen LogP contribution is 2.23. The van der Waals surface area contributed by atoms with Gasteiger partial charge in [-0.05, 0) is 36.3 Å². The van der Waals surface area contributed by atoms with Gasteiger partial charge >= 0.3 is 0 Å². The molecule has 0 aliphatic heterocycles. The highest BCUT2D eigenvalue weighted by molar-refractivity contribution is 5.90. The van der Waals surface area contributed by atoms with Crippen molar-refractivity contribution >= 4 is 28.5 Å². The Balaban J connectivity index is 2.11. The van der Waals surface area contributed by atoms with E-state index < -0.39 is 23.7 Å². The van der Waals surface area contributed by atoms with E-state index in [1.54, 1.807) is 5.48 Å². The number of carbonyl (C=O) groups excluding carboxylic acids is 3. The first-order valence-electron chi connectivity index (χ1n) is 9.11. The summed E-state index contributed by atoms with van der Waals surface area (Å²) in [5.41, 5.74) is 8.89. The van der Waals surface area contributed by atoms with Gasteiger partial charge in [-0.25, -0.2) is 5.48 Å². The maximum Gasteiger partial charge on any atom is 0.244 e. The second-order valence-corrected chi connectivity index (χ2v) is 7.42. The van der Waals surface area contributed by atoms with Gasteiger partial charge in [0.05, 0.1) is 5.92 Å². The molecule has 146 valence electrons. The molecule has 2 aromatic rings. The number of H-pyrrole nitrogens is 1. The minimum atomic E-state index is -0.655. The highest BCUT2D eigenvalue weighted by Gasteiger charge is 2.28. The minimum Gasteiger partial charge on any atom is -0.369 e. The minimum absolute atomic E-state index is 0.0270. The number of hydroxylamine groups is 1. The molecule has 0 saturated heterocycles. The summed E-state index contributed by atoms with van der Waals surface area (Å²) >= 11 is 0. The van der Waals surface area contributed by atoms with Crippen molar-refractivity contribution < 1.29 is 19.6 Å². The third-order valence-electron chi connectivity index (χ3n) is 4.67. The number of aromatic amines is 1. The van der Waals surface area contributed by atoms with Gasteiger partial charge in [0.1, 0.15) is 5.78 Å². The summed E-state index contributed by atoms with van der Waals surface area (Å²) in [4.78, 5) is 39.4. The monoisotopic (exact) mass is 373 g/mol. The average Bonchev–Trinajstić information content (AvgIpc) is 3.02. The van der Waals surface area contributed by atoms with E-state index in [0.29, 0.717) is 12.8 Å². The van der Waals surface area contributed by atoms with Crippen LogP contribution in [0, 0.1) is 17.8 Å². The number of fused-ring (bicyclic) bond motifs is 1. The molecule has 0 aliphatic carbocycles. The van der Waals surface area contributed by atoms with Crippen molar-refractivity contribution in [3.05, 3.63) is 36.0 Å². The molecule has 2 atom stereocenters. The Morgan fingerprint density at radius 2 is 1.85 bits per heavy atom. The van der Waals surface area contributed by atoms with Crippen LogP contribution in [0.4, 0.5) is 0 Å². The third-order valence-corrected chi connectivity index (χ3v) is 4.67. The molecular weight excluding hydrogens is 346 g/mol. The highest BCUT2D eigenvalue weighted by atomic mass is 16.5. The number of benzene rings is 1. The van der Waals surface area contributed by atoms with E-state index in [1.165, 1.54) is 0 Å². The summed E-state index contributed by atoms with van der Waals surface area (Å²) in [6.45, 7) is 3.90. The van der Waals surface area contributed by atoms with Crippen LogP contribution in [0.15, 0.2) is 30.3 Å². The van der Waals surface area contributed by atoms with Crippen LogP contribution in [0.2, 0.25) is 0 Å². The van der Waals surface area contributed by atoms with Crippen LogP contribution in [0.3, 0.4) is 0 Å². The summed E-state index contributed by atoms with van der Waals surface area (Å²) in [7, 11) is 0. The van der Waals surface area contributed by atoms with Gasteiger partial charge in [-0.2, -0.15) is 0 Å². The van der Waals surface area contributed by atoms with E-state index in [2.05, 4.69) is 4.98 Å². The van der Waals surface area contributed by atoms with Crippen molar-refractivity contribution in [3.8, 4) is 0 Å². The lowest BCUT2D eigenvalue weighted by atomic mass is 9.84. The molecule has 0 bridgehead atoms. The molecule has 1 heterocycles. The van der Waals surface area contributed by atoms with Crippen molar-refractivity contribution in [3.63, 3.8) is 0 Å². The van der Waals surface area contributed by atoms with E-state index in [1.807, 2.05) is 44.2 Å². The lowest BCUT2D eigenvalue weighted by Crippen LogP contribution is -2.32. The number of rotatable bonds is 10. The summed E-state index contributed by atoms with van der Waals surface area (Å²) in [6, 6.07) is 9.69. The summed E-state index contributed by atoms with van der Waals surface area (Å²) in [5, 5.41) is 9.77. The molecule has 1 aromatic carbocycles. The van der Waals surface area contributed by atoms with Crippen LogP contribution in [0.1, 0.15) is 38.8 Å². The zero-order valence-corrected chi connectivity index (χ0v) is 15.7. The summed E-state index contributed by atoms with van der Waals surface area (Å²) < 4.78 is 0. The Morgan fingerprint density at radius 3 is 2.44 bits per heavy atom. The Labute approximate surface area is 158 Å². The molecule has 0 saturated carbocycles. The molecule has 1 aromatic heterocycles. The van der Waals surface area contributed by atoms with Gasteiger partial charge in [0.2, 0.25) is 11.8 Å². The van der Waals surface area contributed by atoms with Crippen LogP contribution in [0.5, 0.6) is 0 Å². The van der Waals surface area contributed by atoms with Crippen LogP contribution >= 0.6 is 0 Å². The van der Waals surface area contributed by atoms with Crippen molar-refractivity contribution in [2.24, 2.45) is 23.5 Å². The summed E-state index contributed by atoms with van der Waals surface area (Å²) in [6.07, 6.45) is 0.701. The second-order valence-electron chi connectivity index (χ2n) is 7.42. The number of hydrogen-bond donors (Lipinski definition) is 4. The molecule has 7 nitrogen and oxygen atoms in total.